The molecule has 0 aliphatic carbocycles. The van der Waals surface area contributed by atoms with Crippen LogP contribution in [0.25, 0.3) is 0 Å². The van der Waals surface area contributed by atoms with E-state index in [0.29, 0.717) is 5.91 Å². The second-order valence-electron chi connectivity index (χ2n) is 8.84. The summed E-state index contributed by atoms with van der Waals surface area (Å²) in [7, 11) is 6.57. The van der Waals surface area contributed by atoms with Gasteiger partial charge in [0.05, 0.1) is 33.7 Å². The molecule has 0 aromatic rings. The van der Waals surface area contributed by atoms with E-state index in [0.717, 1.165) is 30.4 Å². The monoisotopic (exact) mass is 369 g/mol. The van der Waals surface area contributed by atoms with E-state index in [1.54, 1.807) is 0 Å². The van der Waals surface area contributed by atoms with Gasteiger partial charge in [0.2, 0.25) is 5.91 Å². The molecular formula is C23H49N2O+. The third kappa shape index (κ3) is 15.7. The van der Waals surface area contributed by atoms with E-state index in [2.05, 4.69) is 27.9 Å². The molecule has 0 rings (SSSR count). The van der Waals surface area contributed by atoms with Crippen LogP contribution in [0.2, 0.25) is 0 Å². The minimum atomic E-state index is 0.332. The smallest absolute Gasteiger partial charge is 0.222 e. The van der Waals surface area contributed by atoms with Gasteiger partial charge in [0.15, 0.2) is 0 Å². The first kappa shape index (κ1) is 25.4. The highest BCUT2D eigenvalue weighted by Crippen LogP contribution is 2.11. The van der Waals surface area contributed by atoms with Crippen LogP contribution >= 0.6 is 0 Å². The average molecular weight is 370 g/mol. The van der Waals surface area contributed by atoms with Crippen LogP contribution in [-0.2, 0) is 4.79 Å². The minimum absolute atomic E-state index is 0.332. The van der Waals surface area contributed by atoms with Gasteiger partial charge in [-0.2, -0.15) is 0 Å². The number of rotatable bonds is 18. The summed E-state index contributed by atoms with van der Waals surface area (Å²) in [5.41, 5.74) is 0. The van der Waals surface area contributed by atoms with Crippen LogP contribution < -0.4 is 0 Å². The van der Waals surface area contributed by atoms with Crippen LogP contribution in [0, 0.1) is 0 Å². The van der Waals surface area contributed by atoms with E-state index in [9.17, 15) is 4.79 Å². The maximum absolute atomic E-state index is 12.3. The van der Waals surface area contributed by atoms with Gasteiger partial charge in [-0.15, -0.1) is 0 Å². The molecule has 3 nitrogen and oxygen atoms in total. The van der Waals surface area contributed by atoms with Crippen molar-refractivity contribution in [1.29, 1.82) is 0 Å². The molecule has 0 unspecified atom stereocenters. The Kier molecular flexibility index (Phi) is 16.2. The number of likely N-dealkylation sites (N-methyl/N-ethyl adjacent to an activating group) is 2. The van der Waals surface area contributed by atoms with Crippen LogP contribution in [0.4, 0.5) is 0 Å². The fourth-order valence-electron chi connectivity index (χ4n) is 3.40. The molecule has 0 aromatic heterocycles. The van der Waals surface area contributed by atoms with E-state index in [4.69, 9.17) is 0 Å². The predicted molar refractivity (Wildman–Crippen MR) is 115 cm³/mol. The van der Waals surface area contributed by atoms with Gasteiger partial charge in [0, 0.05) is 13.5 Å². The van der Waals surface area contributed by atoms with Crippen molar-refractivity contribution < 1.29 is 9.28 Å². The quantitative estimate of drug-likeness (QED) is 0.214. The molecule has 0 saturated carbocycles. The Morgan fingerprint density at radius 3 is 1.69 bits per heavy atom. The summed E-state index contributed by atoms with van der Waals surface area (Å²) in [6.45, 7) is 7.69. The van der Waals surface area contributed by atoms with Crippen molar-refractivity contribution in [2.75, 3.05) is 40.8 Å². The van der Waals surface area contributed by atoms with Crippen molar-refractivity contribution in [1.82, 2.24) is 4.90 Å². The van der Waals surface area contributed by atoms with Gasteiger partial charge < -0.3 is 9.38 Å². The second kappa shape index (κ2) is 16.6. The Hall–Kier alpha value is -0.570. The molecule has 156 valence electrons. The van der Waals surface area contributed by atoms with Crippen molar-refractivity contribution in [3.63, 3.8) is 0 Å². The van der Waals surface area contributed by atoms with E-state index in [-0.39, 0.29) is 0 Å². The predicted octanol–water partition coefficient (Wildman–Crippen LogP) is 6.02. The second-order valence-corrected chi connectivity index (χ2v) is 8.84. The van der Waals surface area contributed by atoms with E-state index in [1.807, 2.05) is 11.9 Å². The number of quaternary nitrogens is 1. The molecule has 3 heteroatoms. The summed E-state index contributed by atoms with van der Waals surface area (Å²) in [5.74, 6) is 0.332. The summed E-state index contributed by atoms with van der Waals surface area (Å²) in [6, 6.07) is 0. The van der Waals surface area contributed by atoms with Gasteiger partial charge in [0.1, 0.15) is 0 Å². The summed E-state index contributed by atoms with van der Waals surface area (Å²) >= 11 is 0. The number of amides is 1. The molecular weight excluding hydrogens is 320 g/mol. The Morgan fingerprint density at radius 2 is 1.15 bits per heavy atom. The zero-order valence-corrected chi connectivity index (χ0v) is 18.8. The van der Waals surface area contributed by atoms with Crippen molar-refractivity contribution in [3.05, 3.63) is 0 Å². The summed E-state index contributed by atoms with van der Waals surface area (Å²) < 4.78 is 1.03. The van der Waals surface area contributed by atoms with Crippen LogP contribution in [0.3, 0.4) is 0 Å². The molecule has 0 bridgehead atoms. The molecule has 1 amide bonds. The number of hydrogen-bond donors (Lipinski definition) is 0. The maximum Gasteiger partial charge on any atom is 0.222 e. The van der Waals surface area contributed by atoms with Crippen LogP contribution in [-0.4, -0.2) is 56.1 Å². The van der Waals surface area contributed by atoms with Gasteiger partial charge in [0.25, 0.3) is 0 Å². The summed E-state index contributed by atoms with van der Waals surface area (Å²) in [5, 5.41) is 0. The fourth-order valence-corrected chi connectivity index (χ4v) is 3.40. The number of unbranched alkanes of at least 4 members (excludes halogenated alkanes) is 11. The molecule has 0 heterocycles. The first-order valence-corrected chi connectivity index (χ1v) is 11.5. The Morgan fingerprint density at radius 1 is 0.692 bits per heavy atom. The first-order chi connectivity index (χ1) is 12.4. The Balaban J connectivity index is 3.66. The van der Waals surface area contributed by atoms with Crippen LogP contribution in [0.15, 0.2) is 0 Å². The highest BCUT2D eigenvalue weighted by molar-refractivity contribution is 5.75. The maximum atomic E-state index is 12.3. The molecule has 0 saturated heterocycles. The Bertz CT molecular complexity index is 328. The lowest BCUT2D eigenvalue weighted by molar-refractivity contribution is -0.889. The van der Waals surface area contributed by atoms with Crippen molar-refractivity contribution >= 4 is 5.91 Å². The molecule has 0 atom stereocenters. The molecule has 0 N–H and O–H groups in total. The van der Waals surface area contributed by atoms with Gasteiger partial charge >= 0.3 is 0 Å². The highest BCUT2D eigenvalue weighted by atomic mass is 16.2. The van der Waals surface area contributed by atoms with Gasteiger partial charge in [-0.3, -0.25) is 4.79 Å². The van der Waals surface area contributed by atoms with Gasteiger partial charge in [-0.1, -0.05) is 78.1 Å². The van der Waals surface area contributed by atoms with E-state index >= 15 is 0 Å². The fraction of sp³-hybridized carbons (Fsp3) is 0.957. The average Bonchev–Trinajstić information content (AvgIpc) is 2.62. The third-order valence-electron chi connectivity index (χ3n) is 5.58. The number of carbonyl (C=O) groups excluding carboxylic acids is 1. The zero-order valence-electron chi connectivity index (χ0n) is 18.8. The standard InChI is InChI=1S/C23H49N2O/c1-6-8-10-12-13-14-15-16-17-19-23(26)24(3)20-22-25(4,5)21-18-11-9-7-2/h6-22H2,1-5H3/q+1. The van der Waals surface area contributed by atoms with Crippen molar-refractivity contribution in [2.45, 2.75) is 104 Å². The SMILES string of the molecule is CCCCCCCCCCCC(=O)N(C)CC[N+](C)(C)CCCCCC. The minimum Gasteiger partial charge on any atom is -0.340 e. The first-order valence-electron chi connectivity index (χ1n) is 11.5. The molecule has 0 fully saturated rings. The summed E-state index contributed by atoms with van der Waals surface area (Å²) in [4.78, 5) is 14.2. The number of nitrogens with zero attached hydrogens (tertiary/aromatic N) is 2. The zero-order chi connectivity index (χ0) is 19.7. The van der Waals surface area contributed by atoms with Crippen molar-refractivity contribution in [3.8, 4) is 0 Å². The van der Waals surface area contributed by atoms with Gasteiger partial charge in [-0.05, 0) is 19.3 Å². The van der Waals surface area contributed by atoms with Crippen molar-refractivity contribution in [2.24, 2.45) is 0 Å². The third-order valence-corrected chi connectivity index (χ3v) is 5.58. The summed E-state index contributed by atoms with van der Waals surface area (Å²) in [6.07, 6.45) is 17.8. The highest BCUT2D eigenvalue weighted by Gasteiger charge is 2.17. The van der Waals surface area contributed by atoms with Gasteiger partial charge in [-0.25, -0.2) is 0 Å². The Labute approximate surface area is 165 Å². The molecule has 0 radical (unpaired) electrons. The number of carbonyl (C=O) groups is 1. The topological polar surface area (TPSA) is 20.3 Å². The van der Waals surface area contributed by atoms with E-state index in [1.165, 1.54) is 83.6 Å². The lowest BCUT2D eigenvalue weighted by Gasteiger charge is -2.31. The molecule has 26 heavy (non-hydrogen) atoms. The molecule has 0 aliphatic heterocycles. The number of hydrogen-bond acceptors (Lipinski definition) is 1. The van der Waals surface area contributed by atoms with E-state index < -0.39 is 0 Å². The molecule has 0 aromatic carbocycles. The normalized spacial score (nSPS) is 11.7. The molecule has 0 spiro atoms. The molecule has 0 aliphatic rings. The largest absolute Gasteiger partial charge is 0.340 e. The lowest BCUT2D eigenvalue weighted by atomic mass is 10.1. The van der Waals surface area contributed by atoms with Crippen LogP contribution in [0.1, 0.15) is 104 Å². The lowest BCUT2D eigenvalue weighted by Crippen LogP contribution is -2.46. The van der Waals surface area contributed by atoms with Crippen LogP contribution in [0.5, 0.6) is 0 Å².